The smallest absolute Gasteiger partial charge is 0.276 e. The molecule has 2 aromatic carbocycles. The second kappa shape index (κ2) is 6.95. The molecule has 1 N–H and O–H groups in total. The molecule has 0 aliphatic rings. The summed E-state index contributed by atoms with van der Waals surface area (Å²) in [7, 11) is -3.85. The number of sulfone groups is 1. The molecule has 0 fully saturated rings. The molecule has 5 nitrogen and oxygen atoms in total. The molecule has 0 unspecified atom stereocenters. The van der Waals surface area contributed by atoms with Crippen LogP contribution in [0, 0.1) is 6.92 Å². The van der Waals surface area contributed by atoms with Crippen LogP contribution >= 0.6 is 22.9 Å². The fourth-order valence-corrected chi connectivity index (χ4v) is 4.86. The van der Waals surface area contributed by atoms with Crippen LogP contribution in [-0.4, -0.2) is 19.3 Å². The Morgan fingerprint density at radius 3 is 2.48 bits per heavy atom. The number of aryl methyl sites for hydroxylation is 1. The number of nitrogens with one attached hydrogen (secondary N) is 1. The van der Waals surface area contributed by atoms with Crippen molar-refractivity contribution in [2.24, 2.45) is 0 Å². The van der Waals surface area contributed by atoms with Crippen molar-refractivity contribution < 1.29 is 13.2 Å². The number of carbonyl (C=O) groups excluding carboxylic acids is 1. The van der Waals surface area contributed by atoms with Crippen LogP contribution in [0.15, 0.2) is 63.1 Å². The molecule has 0 aliphatic carbocycles. The van der Waals surface area contributed by atoms with Crippen molar-refractivity contribution in [3.8, 4) is 0 Å². The first kappa shape index (κ1) is 17.6. The number of aromatic nitrogens is 1. The number of hydrogen-bond acceptors (Lipinski definition) is 5. The van der Waals surface area contributed by atoms with Gasteiger partial charge >= 0.3 is 0 Å². The van der Waals surface area contributed by atoms with Gasteiger partial charge in [0.15, 0.2) is 9.90 Å². The molecule has 1 aromatic heterocycles. The van der Waals surface area contributed by atoms with Crippen molar-refractivity contribution in [3.63, 3.8) is 0 Å². The lowest BCUT2D eigenvalue weighted by molar-refractivity contribution is 0.102. The number of thiazole rings is 1. The van der Waals surface area contributed by atoms with Crippen molar-refractivity contribution in [1.82, 2.24) is 4.98 Å². The fourth-order valence-electron chi connectivity index (χ4n) is 2.19. The number of carbonyl (C=O) groups is 1. The van der Waals surface area contributed by atoms with E-state index in [1.54, 1.807) is 12.1 Å². The van der Waals surface area contributed by atoms with Gasteiger partial charge in [-0.15, -0.1) is 11.3 Å². The van der Waals surface area contributed by atoms with Gasteiger partial charge in [0.1, 0.15) is 0 Å². The van der Waals surface area contributed by atoms with Crippen molar-refractivity contribution in [2.45, 2.75) is 16.0 Å². The van der Waals surface area contributed by atoms with Gasteiger partial charge in [0.2, 0.25) is 9.84 Å². The van der Waals surface area contributed by atoms with Crippen molar-refractivity contribution in [1.29, 1.82) is 0 Å². The third-order valence-corrected chi connectivity index (χ3v) is 6.90. The molecule has 0 aliphatic heterocycles. The Morgan fingerprint density at radius 1 is 1.12 bits per heavy atom. The van der Waals surface area contributed by atoms with Crippen LogP contribution in [0.5, 0.6) is 0 Å². The Morgan fingerprint density at radius 2 is 1.80 bits per heavy atom. The largest absolute Gasteiger partial charge is 0.320 e. The highest BCUT2D eigenvalue weighted by Gasteiger charge is 2.27. The summed E-state index contributed by atoms with van der Waals surface area (Å²) in [5.41, 5.74) is 2.70. The van der Waals surface area contributed by atoms with E-state index in [1.807, 2.05) is 19.1 Å². The highest BCUT2D eigenvalue weighted by molar-refractivity contribution is 7.93. The van der Waals surface area contributed by atoms with E-state index in [2.05, 4.69) is 10.3 Å². The minimum Gasteiger partial charge on any atom is -0.320 e. The maximum Gasteiger partial charge on any atom is 0.276 e. The molecule has 0 spiro atoms. The number of para-hydroxylation sites is 1. The van der Waals surface area contributed by atoms with E-state index in [0.717, 1.165) is 16.9 Å². The highest BCUT2D eigenvalue weighted by Crippen LogP contribution is 2.29. The number of benzene rings is 2. The maximum absolute atomic E-state index is 12.8. The Labute approximate surface area is 154 Å². The van der Waals surface area contributed by atoms with Crippen LogP contribution in [0.1, 0.15) is 16.1 Å². The lowest BCUT2D eigenvalue weighted by Gasteiger charge is -2.08. The molecule has 0 atom stereocenters. The summed E-state index contributed by atoms with van der Waals surface area (Å²) in [5.74, 6) is -0.567. The molecule has 1 heterocycles. The number of anilines is 1. The molecule has 25 heavy (non-hydrogen) atoms. The number of halogens is 1. The average molecular weight is 393 g/mol. The van der Waals surface area contributed by atoms with Crippen LogP contribution < -0.4 is 5.32 Å². The topological polar surface area (TPSA) is 76.1 Å². The van der Waals surface area contributed by atoms with Gasteiger partial charge in [0.25, 0.3) is 5.91 Å². The van der Waals surface area contributed by atoms with E-state index in [9.17, 15) is 13.2 Å². The monoisotopic (exact) mass is 392 g/mol. The van der Waals surface area contributed by atoms with E-state index < -0.39 is 15.7 Å². The SMILES string of the molecule is Cc1ccccc1NC(=O)c1ncsc1S(=O)(=O)c1ccc(Cl)cc1. The Balaban J connectivity index is 1.96. The van der Waals surface area contributed by atoms with E-state index in [0.29, 0.717) is 10.7 Å². The van der Waals surface area contributed by atoms with E-state index in [1.165, 1.54) is 29.8 Å². The molecule has 3 aromatic rings. The predicted octanol–water partition coefficient (Wildman–Crippen LogP) is 4.19. The van der Waals surface area contributed by atoms with Gasteiger partial charge in [0, 0.05) is 10.7 Å². The predicted molar refractivity (Wildman–Crippen MR) is 98.2 cm³/mol. The summed E-state index contributed by atoms with van der Waals surface area (Å²) in [5, 5.41) is 3.14. The van der Waals surface area contributed by atoms with E-state index in [4.69, 9.17) is 11.6 Å². The Bertz CT molecular complexity index is 1030. The van der Waals surface area contributed by atoms with Crippen molar-refractivity contribution in [3.05, 3.63) is 70.3 Å². The standard InChI is InChI=1S/C17H13ClN2O3S2/c1-11-4-2-3-5-14(11)20-16(21)15-17(24-10-19-15)25(22,23)13-8-6-12(18)7-9-13/h2-10H,1H3,(H,20,21). The molecule has 0 radical (unpaired) electrons. The lowest BCUT2D eigenvalue weighted by atomic mass is 10.2. The number of amides is 1. The third-order valence-electron chi connectivity index (χ3n) is 3.51. The zero-order chi connectivity index (χ0) is 18.0. The second-order valence-corrected chi connectivity index (χ2v) is 8.65. The van der Waals surface area contributed by atoms with Gasteiger partial charge in [-0.1, -0.05) is 29.8 Å². The van der Waals surface area contributed by atoms with E-state index >= 15 is 0 Å². The van der Waals surface area contributed by atoms with Gasteiger partial charge in [-0.3, -0.25) is 4.79 Å². The Hall–Kier alpha value is -2.22. The van der Waals surface area contributed by atoms with Crippen LogP contribution in [0.4, 0.5) is 5.69 Å². The third kappa shape index (κ3) is 3.58. The van der Waals surface area contributed by atoms with Crippen LogP contribution in [0.3, 0.4) is 0 Å². The summed E-state index contributed by atoms with van der Waals surface area (Å²) in [4.78, 5) is 16.5. The summed E-state index contributed by atoms with van der Waals surface area (Å²) < 4.78 is 25.5. The highest BCUT2D eigenvalue weighted by atomic mass is 35.5. The van der Waals surface area contributed by atoms with E-state index in [-0.39, 0.29) is 14.8 Å². The number of hydrogen-bond donors (Lipinski definition) is 1. The summed E-state index contributed by atoms with van der Waals surface area (Å²) in [6, 6.07) is 13.0. The van der Waals surface area contributed by atoms with Gasteiger partial charge in [-0.25, -0.2) is 13.4 Å². The quantitative estimate of drug-likeness (QED) is 0.722. The summed E-state index contributed by atoms with van der Waals surface area (Å²) in [6.07, 6.45) is 0. The molecule has 1 amide bonds. The molecular formula is C17H13ClN2O3S2. The van der Waals surface area contributed by atoms with Crippen molar-refractivity contribution >= 4 is 44.4 Å². The minimum absolute atomic E-state index is 0.0612. The molecule has 8 heteroatoms. The van der Waals surface area contributed by atoms with Gasteiger partial charge < -0.3 is 5.32 Å². The van der Waals surface area contributed by atoms with Crippen LogP contribution in [0.2, 0.25) is 5.02 Å². The van der Waals surface area contributed by atoms with Crippen molar-refractivity contribution in [2.75, 3.05) is 5.32 Å². The van der Waals surface area contributed by atoms with Gasteiger partial charge in [-0.05, 0) is 42.8 Å². The Kier molecular flexibility index (Phi) is 4.89. The first-order chi connectivity index (χ1) is 11.9. The number of nitrogens with zero attached hydrogens (tertiary/aromatic N) is 1. The zero-order valence-electron chi connectivity index (χ0n) is 13.1. The molecule has 0 saturated carbocycles. The maximum atomic E-state index is 12.8. The molecule has 128 valence electrons. The molecule has 3 rings (SSSR count). The second-order valence-electron chi connectivity index (χ2n) is 5.21. The zero-order valence-corrected chi connectivity index (χ0v) is 15.5. The van der Waals surface area contributed by atoms with Gasteiger partial charge in [-0.2, -0.15) is 0 Å². The molecule has 0 saturated heterocycles. The van der Waals surface area contributed by atoms with Crippen LogP contribution in [0.25, 0.3) is 0 Å². The first-order valence-corrected chi connectivity index (χ1v) is 9.95. The summed E-state index contributed by atoms with van der Waals surface area (Å²) >= 11 is 6.71. The minimum atomic E-state index is -3.85. The lowest BCUT2D eigenvalue weighted by Crippen LogP contribution is -2.16. The average Bonchev–Trinajstić information content (AvgIpc) is 3.08. The fraction of sp³-hybridized carbons (Fsp3) is 0.0588. The van der Waals surface area contributed by atoms with Gasteiger partial charge in [0.05, 0.1) is 10.4 Å². The number of rotatable bonds is 4. The normalized spacial score (nSPS) is 11.3. The van der Waals surface area contributed by atoms with Crippen LogP contribution in [-0.2, 0) is 9.84 Å². The first-order valence-electron chi connectivity index (χ1n) is 7.21. The summed E-state index contributed by atoms with van der Waals surface area (Å²) in [6.45, 7) is 1.85. The molecule has 0 bridgehead atoms. The molecular weight excluding hydrogens is 380 g/mol.